The topological polar surface area (TPSA) is 0 Å². The predicted octanol–water partition coefficient (Wildman–Crippen LogP) is 5.93. The average molecular weight is 428 g/mol. The molecule has 0 aliphatic carbocycles. The Hall–Kier alpha value is -2.09. The Bertz CT molecular complexity index is 967. The van der Waals surface area contributed by atoms with Gasteiger partial charge >= 0.3 is 0 Å². The van der Waals surface area contributed by atoms with Crippen molar-refractivity contribution >= 4 is 46.3 Å². The van der Waals surface area contributed by atoms with E-state index in [-0.39, 0.29) is 0 Å². The standard InChI is InChI=1S/C26H23P3/c27-26(29(24-17-9-3-10-18-24)25-19-11-4-12-20-25)21-28(22-13-5-1-6-14-22)23-15-7-2-8-16-23/h1-21H,27H2. The van der Waals surface area contributed by atoms with Crippen LogP contribution in [0.2, 0.25) is 0 Å². The summed E-state index contributed by atoms with van der Waals surface area (Å²) in [5.74, 6) is 2.50. The fourth-order valence-electron chi connectivity index (χ4n) is 3.27. The number of hydrogen-bond acceptors (Lipinski definition) is 0. The van der Waals surface area contributed by atoms with Crippen molar-refractivity contribution in [2.45, 2.75) is 0 Å². The van der Waals surface area contributed by atoms with Gasteiger partial charge in [-0.3, -0.25) is 0 Å². The fraction of sp³-hybridized carbons (Fsp3) is 0. The maximum atomic E-state index is 3.07. The molecule has 1 unspecified atom stereocenters. The van der Waals surface area contributed by atoms with Gasteiger partial charge in [-0.1, -0.05) is 121 Å². The number of benzene rings is 4. The van der Waals surface area contributed by atoms with Gasteiger partial charge in [0.1, 0.15) is 0 Å². The van der Waals surface area contributed by atoms with Crippen molar-refractivity contribution in [1.82, 2.24) is 0 Å². The minimum atomic E-state index is -0.585. The lowest BCUT2D eigenvalue weighted by Gasteiger charge is -2.22. The SMILES string of the molecule is PC(=CP(c1ccccc1)c1ccccc1)P(c1ccccc1)c1ccccc1. The van der Waals surface area contributed by atoms with Crippen molar-refractivity contribution in [3.63, 3.8) is 0 Å². The van der Waals surface area contributed by atoms with Crippen LogP contribution in [0, 0.1) is 0 Å². The van der Waals surface area contributed by atoms with Crippen LogP contribution in [0.25, 0.3) is 0 Å². The van der Waals surface area contributed by atoms with Gasteiger partial charge in [0.25, 0.3) is 0 Å². The van der Waals surface area contributed by atoms with Crippen molar-refractivity contribution < 1.29 is 0 Å². The summed E-state index contributed by atoms with van der Waals surface area (Å²) in [6, 6.07) is 43.5. The highest BCUT2D eigenvalue weighted by Gasteiger charge is 2.19. The van der Waals surface area contributed by atoms with Gasteiger partial charge in [-0.2, -0.15) is 0 Å². The van der Waals surface area contributed by atoms with Crippen molar-refractivity contribution in [2.24, 2.45) is 0 Å². The normalized spacial score (nSPS) is 11.8. The first kappa shape index (κ1) is 20.2. The second-order valence-electron chi connectivity index (χ2n) is 6.60. The van der Waals surface area contributed by atoms with Gasteiger partial charge in [-0.15, -0.1) is 9.24 Å². The Morgan fingerprint density at radius 2 is 0.793 bits per heavy atom. The molecule has 0 heterocycles. The zero-order chi connectivity index (χ0) is 19.9. The Morgan fingerprint density at radius 1 is 0.483 bits per heavy atom. The molecule has 0 amide bonds. The molecular weight excluding hydrogens is 405 g/mol. The van der Waals surface area contributed by atoms with Crippen LogP contribution >= 0.6 is 25.1 Å². The molecule has 3 heteroatoms. The van der Waals surface area contributed by atoms with Crippen molar-refractivity contribution in [3.05, 3.63) is 132 Å². The Kier molecular flexibility index (Phi) is 7.03. The van der Waals surface area contributed by atoms with Crippen LogP contribution in [0.15, 0.2) is 132 Å². The molecule has 0 spiro atoms. The van der Waals surface area contributed by atoms with E-state index in [1.54, 1.807) is 0 Å². The molecular formula is C26H23P3. The third-order valence-electron chi connectivity index (χ3n) is 4.62. The zero-order valence-corrected chi connectivity index (χ0v) is 19.0. The molecule has 0 aliphatic rings. The van der Waals surface area contributed by atoms with Gasteiger partial charge in [0.15, 0.2) is 0 Å². The van der Waals surface area contributed by atoms with E-state index in [2.05, 4.69) is 136 Å². The largest absolute Gasteiger partial charge is 0.104 e. The first-order valence-electron chi connectivity index (χ1n) is 9.60. The Labute approximate surface area is 178 Å². The molecule has 4 rings (SSSR count). The minimum Gasteiger partial charge on any atom is -0.104 e. The quantitative estimate of drug-likeness (QED) is 0.334. The maximum Gasteiger partial charge on any atom is -0.0134 e. The Morgan fingerprint density at radius 3 is 1.14 bits per heavy atom. The highest BCUT2D eigenvalue weighted by molar-refractivity contribution is 7.84. The molecule has 142 valence electrons. The van der Waals surface area contributed by atoms with E-state index in [0.29, 0.717) is 0 Å². The number of rotatable bonds is 6. The summed E-state index contributed by atoms with van der Waals surface area (Å²) in [6.45, 7) is 0. The molecule has 0 N–H and O–H groups in total. The van der Waals surface area contributed by atoms with Crippen LogP contribution < -0.4 is 21.2 Å². The van der Waals surface area contributed by atoms with Crippen LogP contribution in [0.1, 0.15) is 0 Å². The van der Waals surface area contributed by atoms with Crippen molar-refractivity contribution in [2.75, 3.05) is 0 Å². The summed E-state index contributed by atoms with van der Waals surface area (Å²) in [7, 11) is 1.92. The lowest BCUT2D eigenvalue weighted by atomic mass is 10.4. The molecule has 0 saturated heterocycles. The predicted molar refractivity (Wildman–Crippen MR) is 136 cm³/mol. The first-order valence-corrected chi connectivity index (χ1v) is 12.9. The summed E-state index contributed by atoms with van der Waals surface area (Å²) in [5.41, 5.74) is 0. The van der Waals surface area contributed by atoms with Crippen LogP contribution in [0.5, 0.6) is 0 Å². The molecule has 1 atom stereocenters. The van der Waals surface area contributed by atoms with Gasteiger partial charge in [0.05, 0.1) is 0 Å². The monoisotopic (exact) mass is 428 g/mol. The average Bonchev–Trinajstić information content (AvgIpc) is 2.80. The molecule has 4 aromatic carbocycles. The van der Waals surface area contributed by atoms with E-state index < -0.39 is 15.8 Å². The van der Waals surface area contributed by atoms with E-state index in [4.69, 9.17) is 0 Å². The lowest BCUT2D eigenvalue weighted by molar-refractivity contribution is 1.75. The molecule has 0 radical (unpaired) electrons. The van der Waals surface area contributed by atoms with Crippen molar-refractivity contribution in [3.8, 4) is 0 Å². The van der Waals surface area contributed by atoms with Gasteiger partial charge in [-0.05, 0) is 47.9 Å². The van der Waals surface area contributed by atoms with E-state index in [9.17, 15) is 0 Å². The van der Waals surface area contributed by atoms with E-state index in [0.717, 1.165) is 0 Å². The fourth-order valence-corrected chi connectivity index (χ4v) is 9.10. The number of hydrogen-bond donors (Lipinski definition) is 0. The lowest BCUT2D eigenvalue weighted by Crippen LogP contribution is -2.13. The second kappa shape index (κ2) is 10.1. The third-order valence-corrected chi connectivity index (χ3v) is 10.6. The van der Waals surface area contributed by atoms with Gasteiger partial charge < -0.3 is 0 Å². The van der Waals surface area contributed by atoms with Crippen LogP contribution in [0.3, 0.4) is 0 Å². The van der Waals surface area contributed by atoms with E-state index in [1.807, 2.05) is 0 Å². The highest BCUT2D eigenvalue weighted by Crippen LogP contribution is 2.51. The summed E-state index contributed by atoms with van der Waals surface area (Å²) in [6.07, 6.45) is 0. The van der Waals surface area contributed by atoms with Crippen LogP contribution in [-0.2, 0) is 0 Å². The smallest absolute Gasteiger partial charge is 0.0134 e. The first-order chi connectivity index (χ1) is 14.3. The molecule has 0 aromatic heterocycles. The third kappa shape index (κ3) is 5.10. The molecule has 0 bridgehead atoms. The maximum absolute atomic E-state index is 3.07. The molecule has 0 fully saturated rings. The molecule has 29 heavy (non-hydrogen) atoms. The molecule has 4 aromatic rings. The highest BCUT2D eigenvalue weighted by atomic mass is 31.2. The van der Waals surface area contributed by atoms with Gasteiger partial charge in [-0.25, -0.2) is 0 Å². The zero-order valence-electron chi connectivity index (χ0n) is 16.1. The van der Waals surface area contributed by atoms with Crippen LogP contribution in [-0.4, -0.2) is 0 Å². The minimum absolute atomic E-state index is 0.570. The second-order valence-corrected chi connectivity index (χ2v) is 12.0. The molecule has 0 aliphatic heterocycles. The van der Waals surface area contributed by atoms with Gasteiger partial charge in [0.2, 0.25) is 0 Å². The molecule has 0 nitrogen and oxygen atoms in total. The summed E-state index contributed by atoms with van der Waals surface area (Å²) in [5, 5.41) is 6.89. The van der Waals surface area contributed by atoms with Crippen LogP contribution in [0.4, 0.5) is 0 Å². The summed E-state index contributed by atoms with van der Waals surface area (Å²) >= 11 is 0. The summed E-state index contributed by atoms with van der Waals surface area (Å²) in [4.78, 5) is 0. The Balaban J connectivity index is 1.81. The van der Waals surface area contributed by atoms with E-state index >= 15 is 0 Å². The molecule has 0 saturated carbocycles. The summed E-state index contributed by atoms with van der Waals surface area (Å²) < 4.78 is 0. The van der Waals surface area contributed by atoms with Gasteiger partial charge in [0, 0.05) is 0 Å². The van der Waals surface area contributed by atoms with E-state index in [1.165, 1.54) is 26.3 Å². The van der Waals surface area contributed by atoms with Crippen molar-refractivity contribution in [1.29, 1.82) is 0 Å².